The van der Waals surface area contributed by atoms with Gasteiger partial charge in [-0.3, -0.25) is 4.85 Å². The van der Waals surface area contributed by atoms with E-state index in [-0.39, 0.29) is 18.9 Å². The van der Waals surface area contributed by atoms with Gasteiger partial charge in [0.25, 0.3) is 0 Å². The van der Waals surface area contributed by atoms with Gasteiger partial charge >= 0.3 is 18.9 Å². The molecule has 0 unspecified atom stereocenters. The van der Waals surface area contributed by atoms with Gasteiger partial charge in [0.2, 0.25) is 0 Å². The minimum absolute atomic E-state index is 0. The largest absolute Gasteiger partial charge is 1.00 e. The molecule has 3 heteroatoms. The summed E-state index contributed by atoms with van der Waals surface area (Å²) >= 11 is 0. The molecule has 0 amide bonds. The molecule has 13 heavy (non-hydrogen) atoms. The van der Waals surface area contributed by atoms with Crippen LogP contribution in [0.25, 0.3) is 10.9 Å². The van der Waals surface area contributed by atoms with Crippen LogP contribution in [0, 0.1) is 12.8 Å². The maximum atomic E-state index is 6.86. The fourth-order valence-corrected chi connectivity index (χ4v) is 0.834. The van der Waals surface area contributed by atoms with Gasteiger partial charge in [0.15, 0.2) is 0 Å². The summed E-state index contributed by atoms with van der Waals surface area (Å²) in [7, 11) is 1.52. The van der Waals surface area contributed by atoms with Gasteiger partial charge in [-0.2, -0.15) is 5.56 Å². The first kappa shape index (κ1) is 11.8. The fraction of sp³-hybridized carbons (Fsp3) is 0.100. The van der Waals surface area contributed by atoms with Gasteiger partial charge in [-0.15, -0.1) is 6.07 Å². The van der Waals surface area contributed by atoms with Crippen LogP contribution in [0.1, 0.15) is 5.56 Å². The van der Waals surface area contributed by atoms with E-state index in [2.05, 4.69) is 15.8 Å². The first-order valence-electron chi connectivity index (χ1n) is 3.46. The van der Waals surface area contributed by atoms with E-state index in [4.69, 9.17) is 6.57 Å². The van der Waals surface area contributed by atoms with Crippen molar-refractivity contribution in [2.75, 3.05) is 7.11 Å². The maximum Gasteiger partial charge on any atom is 1.00 e. The maximum absolute atomic E-state index is 6.86. The number of methoxy groups -OCH3 is 1. The number of hydrogen-bond acceptors (Lipinski definition) is 1. The fourth-order valence-electron chi connectivity index (χ4n) is 0.834. The van der Waals surface area contributed by atoms with Crippen molar-refractivity contribution in [1.82, 2.24) is 0 Å². The standard InChI is InChI=1S/C10H8NO.Li/c1-11-10-6-4-3-5-9(10)7-8-12-2;/h3-7H,2H3;/q-1;+1. The van der Waals surface area contributed by atoms with Crippen molar-refractivity contribution in [3.05, 3.63) is 47.5 Å². The van der Waals surface area contributed by atoms with E-state index < -0.39 is 0 Å². The third kappa shape index (κ3) is 3.38. The summed E-state index contributed by atoms with van der Waals surface area (Å²) in [6.07, 6.45) is 4.22. The van der Waals surface area contributed by atoms with Crippen molar-refractivity contribution in [3.8, 4) is 0 Å². The average Bonchev–Trinajstić information content (AvgIpc) is 2.15. The Morgan fingerprint density at radius 1 is 1.46 bits per heavy atom. The summed E-state index contributed by atoms with van der Waals surface area (Å²) in [5, 5.41) is 0. The second kappa shape index (κ2) is 6.37. The van der Waals surface area contributed by atoms with Crippen LogP contribution in [0.15, 0.2) is 24.3 Å². The van der Waals surface area contributed by atoms with Crippen LogP contribution in [-0.4, -0.2) is 7.11 Å². The van der Waals surface area contributed by atoms with Gasteiger partial charge in [0, 0.05) is 0 Å². The molecule has 0 aliphatic carbocycles. The number of hydrogen-bond donors (Lipinski definition) is 0. The van der Waals surface area contributed by atoms with Crippen molar-refractivity contribution in [2.45, 2.75) is 0 Å². The summed E-state index contributed by atoms with van der Waals surface area (Å²) in [6.45, 7) is 6.86. The van der Waals surface area contributed by atoms with Crippen molar-refractivity contribution < 1.29 is 23.6 Å². The molecule has 0 aliphatic rings. The van der Waals surface area contributed by atoms with Gasteiger partial charge in [0.05, 0.1) is 13.7 Å². The molecule has 1 aromatic rings. The van der Waals surface area contributed by atoms with Crippen LogP contribution in [0.4, 0.5) is 5.69 Å². The molecule has 60 valence electrons. The monoisotopic (exact) mass is 165 g/mol. The molecule has 0 saturated heterocycles. The van der Waals surface area contributed by atoms with E-state index in [0.717, 1.165) is 5.56 Å². The summed E-state index contributed by atoms with van der Waals surface area (Å²) in [6, 6.07) is 7.31. The summed E-state index contributed by atoms with van der Waals surface area (Å²) in [5.41, 5.74) is 1.44. The zero-order valence-electron chi connectivity index (χ0n) is 7.74. The molecule has 2 nitrogen and oxygen atoms in total. The van der Waals surface area contributed by atoms with Crippen LogP contribution in [0.2, 0.25) is 0 Å². The Morgan fingerprint density at radius 3 is 2.77 bits per heavy atom. The average molecular weight is 165 g/mol. The van der Waals surface area contributed by atoms with Gasteiger partial charge < -0.3 is 4.74 Å². The van der Waals surface area contributed by atoms with Crippen LogP contribution in [0.3, 0.4) is 0 Å². The minimum atomic E-state index is 0. The van der Waals surface area contributed by atoms with Crippen molar-refractivity contribution >= 4 is 11.8 Å². The zero-order valence-corrected chi connectivity index (χ0v) is 7.74. The molecular weight excluding hydrogens is 157 g/mol. The Labute approximate surface area is 90.2 Å². The molecule has 0 saturated carbocycles. The Hall–Kier alpha value is -1.15. The van der Waals surface area contributed by atoms with E-state index in [1.54, 1.807) is 12.1 Å². The quantitative estimate of drug-likeness (QED) is 0.332. The second-order valence-electron chi connectivity index (χ2n) is 2.14. The summed E-state index contributed by atoms with van der Waals surface area (Å²) < 4.78 is 4.64. The molecule has 0 aliphatic heterocycles. The van der Waals surface area contributed by atoms with E-state index >= 15 is 0 Å². The number of nitrogens with zero attached hydrogens (tertiary/aromatic N) is 1. The molecule has 0 atom stereocenters. The van der Waals surface area contributed by atoms with Gasteiger partial charge in [-0.1, -0.05) is 24.5 Å². The van der Waals surface area contributed by atoms with E-state index in [1.165, 1.54) is 7.11 Å². The Morgan fingerprint density at radius 2 is 2.15 bits per heavy atom. The van der Waals surface area contributed by atoms with Crippen LogP contribution >= 0.6 is 0 Å². The smallest absolute Gasteiger partial charge is 0.596 e. The number of para-hydroxylation sites is 1. The summed E-state index contributed by atoms with van der Waals surface area (Å²) in [4.78, 5) is 3.35. The topological polar surface area (TPSA) is 13.6 Å². The molecule has 0 fully saturated rings. The summed E-state index contributed by atoms with van der Waals surface area (Å²) in [5.74, 6) is 0. The Bertz CT molecular complexity index is 328. The van der Waals surface area contributed by atoms with Gasteiger partial charge in [-0.05, 0) is 0 Å². The van der Waals surface area contributed by atoms with Gasteiger partial charge in [0.1, 0.15) is 5.69 Å². The second-order valence-corrected chi connectivity index (χ2v) is 2.14. The SMILES string of the molecule is [C-]#[N+]c1ccccc1C=[C-]OC.[Li+]. The number of benzene rings is 1. The van der Waals surface area contributed by atoms with Crippen molar-refractivity contribution in [2.24, 2.45) is 0 Å². The first-order valence-corrected chi connectivity index (χ1v) is 3.46. The van der Waals surface area contributed by atoms with Crippen LogP contribution in [0.5, 0.6) is 0 Å². The third-order valence-electron chi connectivity index (χ3n) is 1.39. The molecule has 0 bridgehead atoms. The normalized spacial score (nSPS) is 8.92. The first-order chi connectivity index (χ1) is 5.88. The molecule has 1 rings (SSSR count). The van der Waals surface area contributed by atoms with Crippen molar-refractivity contribution in [3.63, 3.8) is 0 Å². The Balaban J connectivity index is 0.00000144. The van der Waals surface area contributed by atoms with Crippen LogP contribution in [-0.2, 0) is 4.74 Å². The molecule has 0 aromatic heterocycles. The minimum Gasteiger partial charge on any atom is -0.596 e. The molecule has 0 spiro atoms. The number of rotatable bonds is 2. The van der Waals surface area contributed by atoms with E-state index in [0.29, 0.717) is 5.69 Å². The molecular formula is C10H8LiNO. The van der Waals surface area contributed by atoms with Gasteiger partial charge in [-0.25, -0.2) is 6.08 Å². The zero-order chi connectivity index (χ0) is 8.81. The third-order valence-corrected chi connectivity index (χ3v) is 1.39. The van der Waals surface area contributed by atoms with Crippen molar-refractivity contribution in [1.29, 1.82) is 0 Å². The Kier molecular flexibility index (Phi) is 5.81. The van der Waals surface area contributed by atoms with E-state index in [9.17, 15) is 0 Å². The molecule has 0 heterocycles. The molecule has 1 aromatic carbocycles. The van der Waals surface area contributed by atoms with Crippen LogP contribution < -0.4 is 18.9 Å². The molecule has 0 radical (unpaired) electrons. The number of ether oxygens (including phenoxy) is 1. The predicted molar refractivity (Wildman–Crippen MR) is 47.4 cm³/mol. The predicted octanol–water partition coefficient (Wildman–Crippen LogP) is -0.338. The van der Waals surface area contributed by atoms with E-state index in [1.807, 2.05) is 18.2 Å². The molecule has 0 N–H and O–H groups in total.